The molecule has 0 spiro atoms. The second kappa shape index (κ2) is 5.21. The molecule has 84 valence electrons. The third-order valence-corrected chi connectivity index (χ3v) is 4.59. The Morgan fingerprint density at radius 1 is 1.47 bits per heavy atom. The molecule has 0 aliphatic carbocycles. The fourth-order valence-corrected chi connectivity index (χ4v) is 3.86. The molecular weight excluding hydrogens is 228 g/mol. The molecule has 5 heteroatoms. The van der Waals surface area contributed by atoms with Crippen molar-refractivity contribution in [3.63, 3.8) is 0 Å². The highest BCUT2D eigenvalue weighted by atomic mass is 32.2. The van der Waals surface area contributed by atoms with Crippen LogP contribution in [0, 0.1) is 6.92 Å². The first-order valence-corrected chi connectivity index (χ1v) is 6.67. The Balaban J connectivity index is 1.97. The molecule has 0 atom stereocenters. The van der Waals surface area contributed by atoms with Crippen LogP contribution in [-0.4, -0.2) is 37.7 Å². The smallest absolute Gasteiger partial charge is 0.0777 e. The zero-order valence-electron chi connectivity index (χ0n) is 9.08. The van der Waals surface area contributed by atoms with Gasteiger partial charge in [-0.3, -0.25) is 0 Å². The second-order valence-corrected chi connectivity index (χ2v) is 6.07. The minimum Gasteiger partial charge on any atom is -0.387 e. The summed E-state index contributed by atoms with van der Waals surface area (Å²) < 4.78 is 9.05. The Morgan fingerprint density at radius 2 is 2.20 bits per heavy atom. The summed E-state index contributed by atoms with van der Waals surface area (Å²) in [6.07, 6.45) is 0. The van der Waals surface area contributed by atoms with Crippen LogP contribution in [0.5, 0.6) is 0 Å². The SMILES string of the molecule is CNc1cc(SN2CCOCC2)sc1C. The van der Waals surface area contributed by atoms with Crippen LogP contribution >= 0.6 is 23.3 Å². The van der Waals surface area contributed by atoms with Crippen LogP contribution in [0.25, 0.3) is 0 Å². The average molecular weight is 244 g/mol. The van der Waals surface area contributed by atoms with Gasteiger partial charge in [-0.1, -0.05) is 0 Å². The van der Waals surface area contributed by atoms with Crippen molar-refractivity contribution in [3.05, 3.63) is 10.9 Å². The van der Waals surface area contributed by atoms with E-state index in [9.17, 15) is 0 Å². The van der Waals surface area contributed by atoms with Crippen molar-refractivity contribution in [1.29, 1.82) is 0 Å². The molecule has 0 saturated carbocycles. The Bertz CT molecular complexity index is 321. The number of hydrogen-bond acceptors (Lipinski definition) is 5. The number of thiophene rings is 1. The molecule has 0 unspecified atom stereocenters. The molecule has 0 amide bonds. The molecular formula is C10H16N2OS2. The molecule has 1 aromatic rings. The molecule has 0 aromatic carbocycles. The first-order valence-electron chi connectivity index (χ1n) is 5.08. The van der Waals surface area contributed by atoms with Crippen molar-refractivity contribution < 1.29 is 4.74 Å². The standard InChI is InChI=1S/C10H16N2OS2/c1-8-9(11-2)7-10(14-8)15-12-3-5-13-6-4-12/h7,11H,3-6H2,1-2H3. The highest BCUT2D eigenvalue weighted by Crippen LogP contribution is 2.35. The van der Waals surface area contributed by atoms with E-state index in [1.165, 1.54) is 14.8 Å². The minimum atomic E-state index is 0.857. The van der Waals surface area contributed by atoms with E-state index in [0.29, 0.717) is 0 Å². The maximum atomic E-state index is 5.32. The summed E-state index contributed by atoms with van der Waals surface area (Å²) in [4.78, 5) is 1.35. The Labute approximate surface area is 98.9 Å². The average Bonchev–Trinajstić information content (AvgIpc) is 2.60. The molecule has 1 fully saturated rings. The molecule has 2 heterocycles. The van der Waals surface area contributed by atoms with E-state index < -0.39 is 0 Å². The van der Waals surface area contributed by atoms with Crippen molar-refractivity contribution in [2.75, 3.05) is 38.7 Å². The quantitative estimate of drug-likeness (QED) is 0.825. The number of ether oxygens (including phenoxy) is 1. The molecule has 2 rings (SSSR count). The fourth-order valence-electron chi connectivity index (χ4n) is 1.51. The number of anilines is 1. The summed E-state index contributed by atoms with van der Waals surface area (Å²) in [7, 11) is 1.97. The van der Waals surface area contributed by atoms with Crippen molar-refractivity contribution in [2.24, 2.45) is 0 Å². The van der Waals surface area contributed by atoms with Gasteiger partial charge in [0.15, 0.2) is 0 Å². The molecule has 15 heavy (non-hydrogen) atoms. The largest absolute Gasteiger partial charge is 0.387 e. The van der Waals surface area contributed by atoms with Crippen molar-refractivity contribution in [2.45, 2.75) is 11.1 Å². The van der Waals surface area contributed by atoms with Crippen LogP contribution in [0.4, 0.5) is 5.69 Å². The summed E-state index contributed by atoms with van der Waals surface area (Å²) in [5.41, 5.74) is 1.25. The number of morpholine rings is 1. The zero-order valence-corrected chi connectivity index (χ0v) is 10.7. The number of nitrogens with one attached hydrogen (secondary N) is 1. The van der Waals surface area contributed by atoms with Crippen molar-refractivity contribution in [1.82, 2.24) is 4.31 Å². The maximum Gasteiger partial charge on any atom is 0.0777 e. The molecule has 1 N–H and O–H groups in total. The van der Waals surface area contributed by atoms with Gasteiger partial charge in [-0.2, -0.15) is 0 Å². The molecule has 1 aliphatic rings. The Kier molecular flexibility index (Phi) is 3.91. The number of aryl methyl sites for hydroxylation is 1. The topological polar surface area (TPSA) is 24.5 Å². The van der Waals surface area contributed by atoms with E-state index in [2.05, 4.69) is 22.6 Å². The Morgan fingerprint density at radius 3 is 2.80 bits per heavy atom. The number of rotatable bonds is 3. The highest BCUT2D eigenvalue weighted by Gasteiger charge is 2.13. The fraction of sp³-hybridized carbons (Fsp3) is 0.600. The summed E-state index contributed by atoms with van der Waals surface area (Å²) in [5.74, 6) is 0. The van der Waals surface area contributed by atoms with Gasteiger partial charge < -0.3 is 10.1 Å². The predicted molar refractivity (Wildman–Crippen MR) is 66.9 cm³/mol. The normalized spacial score (nSPS) is 18.0. The molecule has 1 saturated heterocycles. The molecule has 1 aromatic heterocycles. The predicted octanol–water partition coefficient (Wildman–Crippen LogP) is 2.44. The molecule has 0 bridgehead atoms. The van der Waals surface area contributed by atoms with Crippen LogP contribution < -0.4 is 5.32 Å². The second-order valence-electron chi connectivity index (χ2n) is 3.42. The lowest BCUT2D eigenvalue weighted by Gasteiger charge is -2.24. The first-order chi connectivity index (χ1) is 7.29. The first kappa shape index (κ1) is 11.3. The van der Waals surface area contributed by atoms with Gasteiger partial charge in [0.05, 0.1) is 17.4 Å². The van der Waals surface area contributed by atoms with Gasteiger partial charge in [0, 0.05) is 30.7 Å². The van der Waals surface area contributed by atoms with Crippen LogP contribution in [0.15, 0.2) is 10.3 Å². The van der Waals surface area contributed by atoms with Crippen molar-refractivity contribution >= 4 is 29.0 Å². The molecule has 0 radical (unpaired) electrons. The van der Waals surface area contributed by atoms with E-state index in [1.807, 2.05) is 30.3 Å². The van der Waals surface area contributed by atoms with E-state index in [0.717, 1.165) is 26.3 Å². The lowest BCUT2D eigenvalue weighted by atomic mass is 10.4. The Hall–Kier alpha value is -0.230. The van der Waals surface area contributed by atoms with Gasteiger partial charge in [-0.25, -0.2) is 4.31 Å². The number of hydrogen-bond donors (Lipinski definition) is 1. The van der Waals surface area contributed by atoms with E-state index >= 15 is 0 Å². The lowest BCUT2D eigenvalue weighted by molar-refractivity contribution is 0.0774. The van der Waals surface area contributed by atoms with Crippen LogP contribution in [0.1, 0.15) is 4.88 Å². The summed E-state index contributed by atoms with van der Waals surface area (Å²) in [6, 6.07) is 2.22. The third-order valence-electron chi connectivity index (χ3n) is 2.35. The van der Waals surface area contributed by atoms with Gasteiger partial charge in [0.1, 0.15) is 0 Å². The molecule has 1 aliphatic heterocycles. The van der Waals surface area contributed by atoms with Crippen molar-refractivity contribution in [3.8, 4) is 0 Å². The van der Waals surface area contributed by atoms with E-state index in [1.54, 1.807) is 0 Å². The van der Waals surface area contributed by atoms with Crippen LogP contribution in [0.3, 0.4) is 0 Å². The summed E-state index contributed by atoms with van der Waals surface area (Å²) in [5, 5.41) is 3.21. The van der Waals surface area contributed by atoms with Crippen LogP contribution in [-0.2, 0) is 4.74 Å². The van der Waals surface area contributed by atoms with Gasteiger partial charge in [-0.15, -0.1) is 11.3 Å². The van der Waals surface area contributed by atoms with Gasteiger partial charge >= 0.3 is 0 Å². The number of nitrogens with zero attached hydrogens (tertiary/aromatic N) is 1. The van der Waals surface area contributed by atoms with E-state index in [4.69, 9.17) is 4.74 Å². The monoisotopic (exact) mass is 244 g/mol. The summed E-state index contributed by atoms with van der Waals surface area (Å²) >= 11 is 3.70. The van der Waals surface area contributed by atoms with Gasteiger partial charge in [0.25, 0.3) is 0 Å². The minimum absolute atomic E-state index is 0.857. The van der Waals surface area contributed by atoms with Crippen LogP contribution in [0.2, 0.25) is 0 Å². The van der Waals surface area contributed by atoms with E-state index in [-0.39, 0.29) is 0 Å². The zero-order chi connectivity index (χ0) is 10.7. The summed E-state index contributed by atoms with van der Waals surface area (Å²) in [6.45, 7) is 5.92. The maximum absolute atomic E-state index is 5.32. The third kappa shape index (κ3) is 2.87. The lowest BCUT2D eigenvalue weighted by Crippen LogP contribution is -2.30. The van der Waals surface area contributed by atoms with Gasteiger partial charge in [0.2, 0.25) is 0 Å². The molecule has 3 nitrogen and oxygen atoms in total. The van der Waals surface area contributed by atoms with Gasteiger partial charge in [-0.05, 0) is 24.9 Å². The highest BCUT2D eigenvalue weighted by molar-refractivity contribution is 7.99.